The van der Waals surface area contributed by atoms with E-state index in [1.54, 1.807) is 30.5 Å². The summed E-state index contributed by atoms with van der Waals surface area (Å²) in [6.07, 6.45) is 1.64. The molecule has 4 aromatic rings. The minimum atomic E-state index is -0.256. The van der Waals surface area contributed by atoms with Gasteiger partial charge in [0.15, 0.2) is 5.65 Å². The van der Waals surface area contributed by atoms with Gasteiger partial charge in [-0.3, -0.25) is 14.0 Å². The number of hydrogen-bond donors (Lipinski definition) is 2. The predicted molar refractivity (Wildman–Crippen MR) is 120 cm³/mol. The molecule has 0 atom stereocenters. The van der Waals surface area contributed by atoms with Gasteiger partial charge in [0.05, 0.1) is 16.5 Å². The van der Waals surface area contributed by atoms with Crippen molar-refractivity contribution in [1.29, 1.82) is 0 Å². The Balaban J connectivity index is 1.88. The van der Waals surface area contributed by atoms with E-state index in [-0.39, 0.29) is 11.5 Å². The van der Waals surface area contributed by atoms with Gasteiger partial charge in [-0.2, -0.15) is 0 Å². The number of rotatable bonds is 5. The molecule has 7 heteroatoms. The highest BCUT2D eigenvalue weighted by Crippen LogP contribution is 2.27. The van der Waals surface area contributed by atoms with Crippen LogP contribution in [0.3, 0.4) is 0 Å². The first-order valence-corrected chi connectivity index (χ1v) is 9.68. The van der Waals surface area contributed by atoms with E-state index in [0.717, 1.165) is 17.7 Å². The second-order valence-electron chi connectivity index (χ2n) is 7.42. The summed E-state index contributed by atoms with van der Waals surface area (Å²) in [5.41, 5.74) is 9.17. The van der Waals surface area contributed by atoms with E-state index in [2.05, 4.69) is 10.3 Å². The van der Waals surface area contributed by atoms with E-state index < -0.39 is 0 Å². The number of hydrogen-bond acceptors (Lipinski definition) is 5. The molecule has 7 nitrogen and oxygen atoms in total. The van der Waals surface area contributed by atoms with Crippen LogP contribution in [0.1, 0.15) is 10.4 Å². The van der Waals surface area contributed by atoms with Crippen molar-refractivity contribution < 1.29 is 4.79 Å². The summed E-state index contributed by atoms with van der Waals surface area (Å²) in [7, 11) is 3.88. The summed E-state index contributed by atoms with van der Waals surface area (Å²) in [6.45, 7) is 1.22. The van der Waals surface area contributed by atoms with E-state index in [1.807, 2.05) is 49.3 Å². The molecule has 0 aliphatic heterocycles. The van der Waals surface area contributed by atoms with Crippen LogP contribution in [0.4, 0.5) is 5.69 Å². The van der Waals surface area contributed by atoms with Crippen LogP contribution in [0.25, 0.3) is 27.7 Å². The maximum Gasteiger partial charge on any atom is 0.266 e. The SMILES string of the molecule is CN(C)CCNC(=O)c1cccn2c(=O)c3c(-c4cccc(N)c4)cccc3nc12. The summed E-state index contributed by atoms with van der Waals surface area (Å²) in [5, 5.41) is 3.37. The largest absolute Gasteiger partial charge is 0.399 e. The number of nitrogen functional groups attached to an aromatic ring is 1. The number of carbonyl (C=O) groups excluding carboxylic acids is 1. The second-order valence-corrected chi connectivity index (χ2v) is 7.42. The number of benzene rings is 2. The van der Waals surface area contributed by atoms with E-state index >= 15 is 0 Å². The average molecular weight is 401 g/mol. The van der Waals surface area contributed by atoms with Crippen molar-refractivity contribution in [3.8, 4) is 11.1 Å². The highest BCUT2D eigenvalue weighted by molar-refractivity contribution is 6.01. The molecule has 152 valence electrons. The van der Waals surface area contributed by atoms with Gasteiger partial charge in [0.1, 0.15) is 0 Å². The van der Waals surface area contributed by atoms with Crippen molar-refractivity contribution in [3.63, 3.8) is 0 Å². The lowest BCUT2D eigenvalue weighted by Crippen LogP contribution is -2.32. The van der Waals surface area contributed by atoms with Crippen LogP contribution in [-0.4, -0.2) is 47.4 Å². The minimum Gasteiger partial charge on any atom is -0.399 e. The van der Waals surface area contributed by atoms with Crippen molar-refractivity contribution >= 4 is 28.1 Å². The third-order valence-electron chi connectivity index (χ3n) is 4.96. The van der Waals surface area contributed by atoms with Crippen molar-refractivity contribution in [2.24, 2.45) is 0 Å². The first kappa shape index (κ1) is 19.6. The standard InChI is InChI=1S/C23H23N5O2/c1-27(2)13-11-25-22(29)18-9-5-12-28-21(18)26-19-10-4-8-17(20(19)23(28)30)15-6-3-7-16(24)14-15/h3-10,12,14H,11,13,24H2,1-2H3,(H,25,29). The summed E-state index contributed by atoms with van der Waals surface area (Å²) in [6, 6.07) is 16.3. The number of aromatic nitrogens is 2. The number of nitrogens with two attached hydrogens (primary N) is 1. The number of amides is 1. The molecule has 4 rings (SSSR count). The van der Waals surface area contributed by atoms with Gasteiger partial charge in [0, 0.05) is 25.0 Å². The zero-order chi connectivity index (χ0) is 21.3. The Morgan fingerprint density at radius 1 is 1.13 bits per heavy atom. The molecule has 0 saturated carbocycles. The molecule has 3 N–H and O–H groups in total. The second kappa shape index (κ2) is 7.96. The first-order chi connectivity index (χ1) is 14.5. The highest BCUT2D eigenvalue weighted by atomic mass is 16.2. The van der Waals surface area contributed by atoms with Crippen LogP contribution in [0, 0.1) is 0 Å². The highest BCUT2D eigenvalue weighted by Gasteiger charge is 2.16. The minimum absolute atomic E-state index is 0.226. The van der Waals surface area contributed by atoms with Crippen LogP contribution in [0.2, 0.25) is 0 Å². The molecule has 0 bridgehead atoms. The van der Waals surface area contributed by atoms with Gasteiger partial charge in [0.25, 0.3) is 11.5 Å². The fourth-order valence-corrected chi connectivity index (χ4v) is 3.48. The third kappa shape index (κ3) is 3.62. The van der Waals surface area contributed by atoms with Crippen molar-refractivity contribution in [3.05, 3.63) is 76.7 Å². The first-order valence-electron chi connectivity index (χ1n) is 9.68. The van der Waals surface area contributed by atoms with Gasteiger partial charge in [-0.05, 0) is 55.6 Å². The smallest absolute Gasteiger partial charge is 0.266 e. The molecule has 0 unspecified atom stereocenters. The fourth-order valence-electron chi connectivity index (χ4n) is 3.48. The van der Waals surface area contributed by atoms with E-state index in [0.29, 0.717) is 34.3 Å². The zero-order valence-electron chi connectivity index (χ0n) is 16.9. The number of fused-ring (bicyclic) bond motifs is 2. The van der Waals surface area contributed by atoms with E-state index in [1.165, 1.54) is 4.40 Å². The number of nitrogens with zero attached hydrogens (tertiary/aromatic N) is 3. The Morgan fingerprint density at radius 3 is 2.70 bits per heavy atom. The van der Waals surface area contributed by atoms with Gasteiger partial charge >= 0.3 is 0 Å². The van der Waals surface area contributed by atoms with Gasteiger partial charge in [-0.15, -0.1) is 0 Å². The Morgan fingerprint density at radius 2 is 1.93 bits per heavy atom. The molecule has 0 saturated heterocycles. The lowest BCUT2D eigenvalue weighted by molar-refractivity contribution is 0.0952. The van der Waals surface area contributed by atoms with Gasteiger partial charge in [-0.1, -0.05) is 24.3 Å². The number of nitrogens with one attached hydrogen (secondary N) is 1. The monoisotopic (exact) mass is 401 g/mol. The third-order valence-corrected chi connectivity index (χ3v) is 4.96. The van der Waals surface area contributed by atoms with Crippen LogP contribution < -0.4 is 16.6 Å². The fraction of sp³-hybridized carbons (Fsp3) is 0.174. The predicted octanol–water partition coefficient (Wildman–Crippen LogP) is 2.39. The molecule has 0 radical (unpaired) electrons. The van der Waals surface area contributed by atoms with Crippen LogP contribution in [0.5, 0.6) is 0 Å². The van der Waals surface area contributed by atoms with Gasteiger partial charge < -0.3 is 16.0 Å². The molecule has 2 heterocycles. The molecule has 2 aromatic heterocycles. The van der Waals surface area contributed by atoms with E-state index in [9.17, 15) is 9.59 Å². The molecule has 0 aliphatic carbocycles. The molecule has 1 amide bonds. The maximum atomic E-state index is 13.4. The summed E-state index contributed by atoms with van der Waals surface area (Å²) in [5.74, 6) is -0.256. The van der Waals surface area contributed by atoms with Crippen LogP contribution in [0.15, 0.2) is 65.6 Å². The Labute approximate surface area is 173 Å². The molecule has 0 aliphatic rings. The molecule has 0 spiro atoms. The topological polar surface area (TPSA) is 92.7 Å². The Hall–Kier alpha value is -3.71. The normalized spacial score (nSPS) is 11.3. The zero-order valence-corrected chi connectivity index (χ0v) is 16.9. The number of anilines is 1. The number of carbonyl (C=O) groups is 1. The number of pyridine rings is 1. The molecular formula is C23H23N5O2. The number of likely N-dealkylation sites (N-methyl/N-ethyl adjacent to an activating group) is 1. The molecular weight excluding hydrogens is 378 g/mol. The van der Waals surface area contributed by atoms with Crippen LogP contribution >= 0.6 is 0 Å². The average Bonchev–Trinajstić information content (AvgIpc) is 2.73. The lowest BCUT2D eigenvalue weighted by atomic mass is 10.0. The van der Waals surface area contributed by atoms with Gasteiger partial charge in [-0.25, -0.2) is 4.98 Å². The Kier molecular flexibility index (Phi) is 5.20. The molecule has 30 heavy (non-hydrogen) atoms. The molecule has 2 aromatic carbocycles. The van der Waals surface area contributed by atoms with Crippen molar-refractivity contribution in [1.82, 2.24) is 19.6 Å². The lowest BCUT2D eigenvalue weighted by Gasteiger charge is -2.13. The summed E-state index contributed by atoms with van der Waals surface area (Å²) in [4.78, 5) is 32.8. The summed E-state index contributed by atoms with van der Waals surface area (Å²) < 4.78 is 1.43. The maximum absolute atomic E-state index is 13.4. The van der Waals surface area contributed by atoms with E-state index in [4.69, 9.17) is 5.73 Å². The van der Waals surface area contributed by atoms with Crippen LogP contribution in [-0.2, 0) is 0 Å². The van der Waals surface area contributed by atoms with Crippen molar-refractivity contribution in [2.45, 2.75) is 0 Å². The molecule has 0 fully saturated rings. The summed E-state index contributed by atoms with van der Waals surface area (Å²) >= 11 is 0. The van der Waals surface area contributed by atoms with Gasteiger partial charge in [0.2, 0.25) is 0 Å². The Bertz CT molecular complexity index is 1310. The van der Waals surface area contributed by atoms with Crippen molar-refractivity contribution in [2.75, 3.05) is 32.9 Å². The quantitative estimate of drug-likeness (QED) is 0.396.